The summed E-state index contributed by atoms with van der Waals surface area (Å²) in [4.78, 5) is 77.5. The van der Waals surface area contributed by atoms with Gasteiger partial charge in [0.1, 0.15) is 11.5 Å². The minimum Gasteiger partial charge on any atom is -0.504 e. The Labute approximate surface area is 375 Å². The number of aromatic hydroxyl groups is 1. The summed E-state index contributed by atoms with van der Waals surface area (Å²) in [6.07, 6.45) is 1.64. The summed E-state index contributed by atoms with van der Waals surface area (Å²) in [5, 5.41) is 12.3. The van der Waals surface area contributed by atoms with Crippen molar-refractivity contribution in [2.24, 2.45) is 13.0 Å². The Morgan fingerprint density at radius 3 is 2.29 bits per heavy atom. The smallest absolute Gasteiger partial charge is 0.347 e. The van der Waals surface area contributed by atoms with E-state index in [0.29, 0.717) is 47.8 Å². The number of hydrazine groups is 1. The van der Waals surface area contributed by atoms with Crippen LogP contribution < -0.4 is 36.6 Å². The van der Waals surface area contributed by atoms with E-state index in [1.807, 2.05) is 22.6 Å². The van der Waals surface area contributed by atoms with Gasteiger partial charge in [-0.25, -0.2) is 32.9 Å². The molecule has 324 valence electrons. The Morgan fingerprint density at radius 2 is 1.60 bits per heavy atom. The van der Waals surface area contributed by atoms with E-state index >= 15 is 4.79 Å². The summed E-state index contributed by atoms with van der Waals surface area (Å²) >= 11 is 8.36. The number of hydrogen-bond donors (Lipinski definition) is 2. The van der Waals surface area contributed by atoms with E-state index in [2.05, 4.69) is 10.4 Å². The highest BCUT2D eigenvalue weighted by Gasteiger charge is 2.69. The zero-order valence-electron chi connectivity index (χ0n) is 34.1. The Bertz CT molecular complexity index is 3110. The van der Waals surface area contributed by atoms with Gasteiger partial charge in [0.05, 0.1) is 65.5 Å². The standard InChI is InChI=1S/C44H38ClFIN7O9/c1-50-33-21-35(62-3)34(61-2)20-31(33)48-30(40(50)57)14-15-51-42(59)52-16-13-27-32(54(52)43(51)60)19-28-39(56)53(49-26-11-9-25(46)10-12-26)41(58)44(28,23-5-7-24(45)8-6-23)37(27)22-17-29(47)38(55)36(18-22)63-4/h5-13,17-18,20-21,28,32,37,49,55H,14-16,19H2,1-4H3/t28-,32+,37-,44+/m0/s1. The molecule has 2 amide bonds. The third-order valence-electron chi connectivity index (χ3n) is 12.4. The predicted molar refractivity (Wildman–Crippen MR) is 237 cm³/mol. The number of phenols is 1. The predicted octanol–water partition coefficient (Wildman–Crippen LogP) is 5.05. The van der Waals surface area contributed by atoms with Crippen LogP contribution in [0.1, 0.15) is 35.2 Å². The molecule has 1 saturated heterocycles. The molecule has 2 fully saturated rings. The lowest BCUT2D eigenvalue weighted by atomic mass is 9.53. The van der Waals surface area contributed by atoms with E-state index < -0.39 is 57.9 Å². The van der Waals surface area contributed by atoms with Gasteiger partial charge in [0.25, 0.3) is 17.4 Å². The molecule has 16 nitrogen and oxygen atoms in total. The highest BCUT2D eigenvalue weighted by atomic mass is 127. The van der Waals surface area contributed by atoms with Gasteiger partial charge < -0.3 is 23.9 Å². The fourth-order valence-corrected chi connectivity index (χ4v) is 10.3. The van der Waals surface area contributed by atoms with Gasteiger partial charge in [-0.05, 0) is 94.2 Å². The van der Waals surface area contributed by atoms with Crippen molar-refractivity contribution in [2.75, 3.05) is 26.8 Å². The first kappa shape index (κ1) is 41.9. The average molecular weight is 990 g/mol. The van der Waals surface area contributed by atoms with Crippen LogP contribution in [-0.2, 0) is 41.6 Å². The van der Waals surface area contributed by atoms with Crippen LogP contribution in [0.3, 0.4) is 0 Å². The number of fused-ring (bicyclic) bond motifs is 5. The van der Waals surface area contributed by atoms with Gasteiger partial charge in [0, 0.05) is 43.1 Å². The van der Waals surface area contributed by atoms with Crippen molar-refractivity contribution in [1.82, 2.24) is 28.5 Å². The maximum absolute atomic E-state index is 15.4. The number of allylic oxidation sites excluding steroid dienone is 2. The van der Waals surface area contributed by atoms with Crippen molar-refractivity contribution in [1.29, 1.82) is 0 Å². The second-order valence-corrected chi connectivity index (χ2v) is 17.1. The number of anilines is 1. The topological polar surface area (TPSA) is 181 Å². The van der Waals surface area contributed by atoms with Gasteiger partial charge in [-0.15, -0.1) is 0 Å². The largest absolute Gasteiger partial charge is 0.504 e. The van der Waals surface area contributed by atoms with E-state index in [9.17, 15) is 28.7 Å². The molecule has 6 aromatic rings. The average Bonchev–Trinajstić information content (AvgIpc) is 3.65. The Kier molecular flexibility index (Phi) is 10.5. The van der Waals surface area contributed by atoms with Crippen LogP contribution in [0.15, 0.2) is 98.8 Å². The van der Waals surface area contributed by atoms with Gasteiger partial charge in [0.15, 0.2) is 23.0 Å². The number of nitrogens with zero attached hydrogens (tertiary/aromatic N) is 6. The molecule has 4 aromatic carbocycles. The quantitative estimate of drug-likeness (QED) is 0.107. The minimum absolute atomic E-state index is 0.0747. The van der Waals surface area contributed by atoms with Gasteiger partial charge in [-0.2, -0.15) is 5.01 Å². The fraction of sp³-hybridized carbons (Fsp3) is 0.273. The third-order valence-corrected chi connectivity index (χ3v) is 13.5. The number of benzene rings is 4. The van der Waals surface area contributed by atoms with E-state index in [4.69, 9.17) is 25.8 Å². The first-order chi connectivity index (χ1) is 30.2. The monoisotopic (exact) mass is 989 g/mol. The van der Waals surface area contributed by atoms with E-state index in [1.54, 1.807) is 61.7 Å². The number of carbonyl (C=O) groups excluding carboxylic acids is 2. The van der Waals surface area contributed by atoms with Crippen molar-refractivity contribution >= 4 is 62.7 Å². The zero-order chi connectivity index (χ0) is 44.6. The molecular formula is C44H38ClFIN7O9. The maximum atomic E-state index is 15.4. The van der Waals surface area contributed by atoms with Gasteiger partial charge >= 0.3 is 11.4 Å². The summed E-state index contributed by atoms with van der Waals surface area (Å²) < 4.78 is 35.9. The van der Waals surface area contributed by atoms with Crippen LogP contribution in [-0.4, -0.2) is 66.7 Å². The summed E-state index contributed by atoms with van der Waals surface area (Å²) in [7, 11) is 5.95. The van der Waals surface area contributed by atoms with Crippen LogP contribution in [0.5, 0.6) is 23.0 Å². The van der Waals surface area contributed by atoms with Gasteiger partial charge in [-0.1, -0.05) is 29.8 Å². The highest BCUT2D eigenvalue weighted by Crippen LogP contribution is 2.62. The number of ether oxygens (including phenoxy) is 3. The molecule has 9 rings (SSSR count). The molecule has 4 atom stereocenters. The lowest BCUT2D eigenvalue weighted by Crippen LogP contribution is -2.53. The number of halogens is 3. The molecular weight excluding hydrogens is 952 g/mol. The second-order valence-electron chi connectivity index (χ2n) is 15.5. The summed E-state index contributed by atoms with van der Waals surface area (Å²) in [6, 6.07) is 17.5. The maximum Gasteiger partial charge on any atom is 0.347 e. The molecule has 2 aromatic heterocycles. The zero-order valence-corrected chi connectivity index (χ0v) is 37.0. The molecule has 19 heteroatoms. The third kappa shape index (κ3) is 6.43. The first-order valence-corrected chi connectivity index (χ1v) is 21.2. The number of phenolic OH excluding ortho intramolecular Hbond substituents is 1. The number of methoxy groups -OCH3 is 3. The normalized spacial score (nSPS) is 20.3. The highest BCUT2D eigenvalue weighted by molar-refractivity contribution is 14.1. The van der Waals surface area contributed by atoms with Crippen LogP contribution in [0.25, 0.3) is 11.0 Å². The fourth-order valence-electron chi connectivity index (χ4n) is 9.54. The van der Waals surface area contributed by atoms with Crippen molar-refractivity contribution in [3.05, 3.63) is 147 Å². The molecule has 3 aliphatic rings. The Hall–Kier alpha value is -6.41. The minimum atomic E-state index is -1.68. The van der Waals surface area contributed by atoms with Crippen LogP contribution >= 0.6 is 34.2 Å². The lowest BCUT2D eigenvalue weighted by molar-refractivity contribution is -0.138. The Balaban J connectivity index is 1.19. The van der Waals surface area contributed by atoms with Crippen molar-refractivity contribution < 1.29 is 33.3 Å². The van der Waals surface area contributed by atoms with Crippen molar-refractivity contribution in [3.63, 3.8) is 0 Å². The molecule has 0 radical (unpaired) electrons. The van der Waals surface area contributed by atoms with Crippen molar-refractivity contribution in [2.45, 2.75) is 43.3 Å². The number of aromatic nitrogens is 5. The van der Waals surface area contributed by atoms with Gasteiger partial charge in [-0.3, -0.25) is 19.8 Å². The Morgan fingerprint density at radius 1 is 0.921 bits per heavy atom. The second kappa shape index (κ2) is 15.7. The van der Waals surface area contributed by atoms with Crippen LogP contribution in [0, 0.1) is 15.3 Å². The first-order valence-electron chi connectivity index (χ1n) is 19.7. The number of hydrogen-bond acceptors (Lipinski definition) is 11. The number of rotatable bonds is 10. The van der Waals surface area contributed by atoms with Crippen LogP contribution in [0.2, 0.25) is 5.02 Å². The molecule has 0 spiro atoms. The van der Waals surface area contributed by atoms with Gasteiger partial charge in [0.2, 0.25) is 0 Å². The van der Waals surface area contributed by atoms with E-state index in [-0.39, 0.29) is 48.8 Å². The number of imide groups is 1. The number of amides is 2. The van der Waals surface area contributed by atoms with Crippen molar-refractivity contribution in [3.8, 4) is 23.0 Å². The molecule has 63 heavy (non-hydrogen) atoms. The van der Waals surface area contributed by atoms with Crippen LogP contribution in [0.4, 0.5) is 10.1 Å². The van der Waals surface area contributed by atoms with E-state index in [1.165, 1.54) is 59.5 Å². The summed E-state index contributed by atoms with van der Waals surface area (Å²) in [6.45, 7) is -0.274. The van der Waals surface area contributed by atoms with E-state index in [0.717, 1.165) is 9.58 Å². The summed E-state index contributed by atoms with van der Waals surface area (Å²) in [5.41, 5.74) is 2.33. The summed E-state index contributed by atoms with van der Waals surface area (Å²) in [5.74, 6) is -3.09. The number of carbonyl (C=O) groups is 2. The molecule has 0 bridgehead atoms. The SMILES string of the molecule is COc1cc2nc(CCn3c(=O)n4n(c3=O)[C@@H]3C[C@H]5C(=O)N(Nc6ccc(F)cc6)C(=O)[C@@]5(c5ccc(Cl)cc5)[C@@H](c5cc(I)c(O)c(OC)c5)C3=CC4)c(=O)n(C)c2cc1OC. The molecule has 0 unspecified atom stereocenters. The molecule has 4 heterocycles. The molecule has 2 aliphatic heterocycles. The number of aryl methyl sites for hydroxylation is 2. The molecule has 2 N–H and O–H groups in total. The lowest BCUT2D eigenvalue weighted by Gasteiger charge is -2.49. The molecule has 1 aliphatic carbocycles. The number of nitrogens with one attached hydrogen (secondary N) is 1. The molecule has 1 saturated carbocycles.